The van der Waals surface area contributed by atoms with Gasteiger partial charge in [0.1, 0.15) is 0 Å². The summed E-state index contributed by atoms with van der Waals surface area (Å²) in [7, 11) is 0. The normalized spacial score (nSPS) is 20.8. The summed E-state index contributed by atoms with van der Waals surface area (Å²) in [6.07, 6.45) is 6.06. The van der Waals surface area contributed by atoms with Crippen molar-refractivity contribution in [2.24, 2.45) is 5.92 Å². The molecule has 0 aromatic heterocycles. The van der Waals surface area contributed by atoms with Crippen LogP contribution in [-0.2, 0) is 11.2 Å². The number of amides is 1. The van der Waals surface area contributed by atoms with Crippen molar-refractivity contribution in [3.8, 4) is 0 Å². The lowest BCUT2D eigenvalue weighted by Gasteiger charge is -2.39. The molecule has 0 N–H and O–H groups in total. The number of halogens is 1. The average molecular weight is 418 g/mol. The number of nitrogens with zero attached hydrogens (tertiary/aromatic N) is 2. The Bertz CT molecular complexity index is 964. The van der Waals surface area contributed by atoms with E-state index in [0.29, 0.717) is 0 Å². The number of hydrogen-bond donors (Lipinski definition) is 0. The van der Waals surface area contributed by atoms with Gasteiger partial charge in [-0.05, 0) is 49.8 Å². The Balaban J connectivity index is 0.00000324. The van der Waals surface area contributed by atoms with Crippen LogP contribution in [0.1, 0.15) is 50.9 Å². The van der Waals surface area contributed by atoms with E-state index in [-0.39, 0.29) is 60.1 Å². The van der Waals surface area contributed by atoms with Crippen LogP contribution in [0.2, 0.25) is 0 Å². The molecule has 1 amide bonds. The van der Waals surface area contributed by atoms with Crippen molar-refractivity contribution in [2.75, 3.05) is 24.5 Å². The van der Waals surface area contributed by atoms with Gasteiger partial charge >= 0.3 is 0 Å². The molecular weight excluding hydrogens is 380 g/mol. The van der Waals surface area contributed by atoms with Gasteiger partial charge in [-0.1, -0.05) is 61.3 Å². The minimum Gasteiger partial charge on any atom is -0.309 e. The van der Waals surface area contributed by atoms with Crippen molar-refractivity contribution in [3.63, 3.8) is 0 Å². The van der Waals surface area contributed by atoms with Gasteiger partial charge in [0.2, 0.25) is 5.91 Å². The Kier molecular flexibility index (Phi) is 5.93. The van der Waals surface area contributed by atoms with Gasteiger partial charge in [-0.3, -0.25) is 4.79 Å². The highest BCUT2D eigenvalue weighted by molar-refractivity contribution is 5.95. The predicted octanol–water partition coefficient (Wildman–Crippen LogP) is 5.34. The zero-order valence-electron chi connectivity index (χ0n) is 21.8. The molecule has 3 nitrogen and oxygen atoms in total. The summed E-state index contributed by atoms with van der Waals surface area (Å²) in [4.78, 5) is 17.6. The van der Waals surface area contributed by atoms with Crippen LogP contribution >= 0.6 is 12.4 Å². The summed E-state index contributed by atoms with van der Waals surface area (Å²) in [6, 6.07) is 8.49. The third kappa shape index (κ3) is 5.61. The number of carbonyl (C=O) groups is 1. The lowest BCUT2D eigenvalue weighted by atomic mass is 9.98. The quantitative estimate of drug-likeness (QED) is 0.633. The maximum Gasteiger partial charge on any atom is 0.230 e. The number of hydrogen-bond acceptors (Lipinski definition) is 2. The molecule has 0 atom stereocenters. The molecule has 156 valence electrons. The molecular formula is C25H33ClN2O. The summed E-state index contributed by atoms with van der Waals surface area (Å²) < 4.78 is 41.1. The average Bonchev–Trinajstić information content (AvgIpc) is 3.39. The summed E-state index contributed by atoms with van der Waals surface area (Å²) >= 11 is 0. The number of likely N-dealkylation sites (tertiary alicyclic amines) is 1. The Labute approximate surface area is 188 Å². The highest BCUT2D eigenvalue weighted by Crippen LogP contribution is 2.32. The molecule has 4 heteroatoms. The minimum absolute atomic E-state index is 0. The predicted molar refractivity (Wildman–Crippen MR) is 123 cm³/mol. The van der Waals surface area contributed by atoms with Crippen molar-refractivity contribution in [1.29, 1.82) is 0 Å². The minimum atomic E-state index is -0.419. The standard InChI is InChI=1S/C25H32N2O.ClH/c28-25(22-11-7-8-12-22)27(23-13-5-2-6-14-23)24-16-19-26(20-17-24)18-15-21-9-3-1-4-10-21;/h1-6,9-10,13-14,22,24H,7-8,11-12,15-20H2;1H/i2D,5D,6D,13D,14D;. The zero-order chi connectivity index (χ0) is 23.5. The van der Waals surface area contributed by atoms with Crippen LogP contribution in [0.25, 0.3) is 0 Å². The van der Waals surface area contributed by atoms with Gasteiger partial charge in [0.25, 0.3) is 0 Å². The van der Waals surface area contributed by atoms with Gasteiger partial charge in [0.15, 0.2) is 0 Å². The van der Waals surface area contributed by atoms with E-state index in [1.165, 1.54) is 5.56 Å². The Morgan fingerprint density at radius 3 is 2.31 bits per heavy atom. The SMILES string of the molecule is Cl.[2H]c1c([2H])c([2H])c(N(C(=O)C2CCCC2)C2CCN(CCc3ccccc3)CC2)c([2H])c1[2H]. The third-order valence-corrected chi connectivity index (χ3v) is 6.15. The molecule has 0 unspecified atom stereocenters. The zero-order valence-corrected chi connectivity index (χ0v) is 17.6. The number of carbonyl (C=O) groups excluding carboxylic acids is 1. The van der Waals surface area contributed by atoms with Gasteiger partial charge in [-0.2, -0.15) is 0 Å². The van der Waals surface area contributed by atoms with Crippen LogP contribution < -0.4 is 4.90 Å². The van der Waals surface area contributed by atoms with Gasteiger partial charge in [-0.25, -0.2) is 0 Å². The van der Waals surface area contributed by atoms with E-state index < -0.39 is 6.04 Å². The van der Waals surface area contributed by atoms with E-state index in [2.05, 4.69) is 17.0 Å². The van der Waals surface area contributed by atoms with Crippen molar-refractivity contribution in [1.82, 2.24) is 4.90 Å². The number of piperidine rings is 1. The molecule has 0 radical (unpaired) electrons. The van der Waals surface area contributed by atoms with Gasteiger partial charge in [0, 0.05) is 37.3 Å². The fourth-order valence-electron chi connectivity index (χ4n) is 4.54. The largest absolute Gasteiger partial charge is 0.309 e. The van der Waals surface area contributed by atoms with Crippen LogP contribution in [0.5, 0.6) is 0 Å². The van der Waals surface area contributed by atoms with Gasteiger partial charge in [0.05, 0.1) is 6.85 Å². The van der Waals surface area contributed by atoms with E-state index >= 15 is 0 Å². The highest BCUT2D eigenvalue weighted by atomic mass is 35.5. The lowest BCUT2D eigenvalue weighted by Crippen LogP contribution is -2.49. The molecule has 29 heavy (non-hydrogen) atoms. The number of para-hydroxylation sites is 1. The van der Waals surface area contributed by atoms with Crippen molar-refractivity contribution < 1.29 is 11.6 Å². The Morgan fingerprint density at radius 2 is 1.66 bits per heavy atom. The van der Waals surface area contributed by atoms with Crippen LogP contribution in [-0.4, -0.2) is 36.5 Å². The maximum absolute atomic E-state index is 13.6. The van der Waals surface area contributed by atoms with E-state index in [0.717, 1.165) is 64.6 Å². The second kappa shape index (κ2) is 10.8. The number of benzene rings is 2. The van der Waals surface area contributed by atoms with Gasteiger partial charge in [-0.15, -0.1) is 12.4 Å². The number of anilines is 1. The molecule has 0 spiro atoms. The first-order valence-corrected chi connectivity index (χ1v) is 10.5. The van der Waals surface area contributed by atoms with Gasteiger partial charge < -0.3 is 9.80 Å². The molecule has 2 aliphatic rings. The lowest BCUT2D eigenvalue weighted by molar-refractivity contribution is -0.122. The van der Waals surface area contributed by atoms with Crippen molar-refractivity contribution in [3.05, 3.63) is 66.1 Å². The molecule has 1 saturated carbocycles. The van der Waals surface area contributed by atoms with E-state index in [4.69, 9.17) is 6.85 Å². The topological polar surface area (TPSA) is 23.6 Å². The van der Waals surface area contributed by atoms with Crippen LogP contribution in [0.15, 0.2) is 60.5 Å². The third-order valence-electron chi connectivity index (χ3n) is 6.15. The highest BCUT2D eigenvalue weighted by Gasteiger charge is 2.34. The molecule has 2 aromatic carbocycles. The molecule has 0 bridgehead atoms. The first kappa shape index (κ1) is 15.9. The second-order valence-corrected chi connectivity index (χ2v) is 7.97. The summed E-state index contributed by atoms with van der Waals surface area (Å²) in [5, 5.41) is 0. The molecule has 1 aliphatic carbocycles. The summed E-state index contributed by atoms with van der Waals surface area (Å²) in [5.74, 6) is -0.201. The summed E-state index contributed by atoms with van der Waals surface area (Å²) in [6.45, 7) is 2.59. The molecule has 4 rings (SSSR count). The van der Waals surface area contributed by atoms with E-state index in [9.17, 15) is 4.79 Å². The molecule has 2 aromatic rings. The van der Waals surface area contributed by atoms with E-state index in [1.54, 1.807) is 4.90 Å². The first-order valence-electron chi connectivity index (χ1n) is 13.0. The smallest absolute Gasteiger partial charge is 0.230 e. The maximum atomic E-state index is 13.6. The van der Waals surface area contributed by atoms with Crippen molar-refractivity contribution in [2.45, 2.75) is 51.0 Å². The fourth-order valence-corrected chi connectivity index (χ4v) is 4.54. The second-order valence-electron chi connectivity index (χ2n) is 7.97. The molecule has 1 saturated heterocycles. The van der Waals surface area contributed by atoms with Crippen molar-refractivity contribution >= 4 is 24.0 Å². The first-order chi connectivity index (χ1) is 15.9. The molecule has 1 heterocycles. The monoisotopic (exact) mass is 417 g/mol. The van der Waals surface area contributed by atoms with Crippen LogP contribution in [0.3, 0.4) is 0 Å². The number of rotatable bonds is 6. The molecule has 1 aliphatic heterocycles. The Hall–Kier alpha value is -1.84. The van der Waals surface area contributed by atoms with Crippen LogP contribution in [0, 0.1) is 5.92 Å². The summed E-state index contributed by atoms with van der Waals surface area (Å²) in [5.41, 5.74) is 1.36. The fraction of sp³-hybridized carbons (Fsp3) is 0.480. The van der Waals surface area contributed by atoms with Crippen LogP contribution in [0.4, 0.5) is 5.69 Å². The van der Waals surface area contributed by atoms with E-state index in [1.807, 2.05) is 18.2 Å². The Morgan fingerprint density at radius 1 is 1.00 bits per heavy atom. The molecule has 2 fully saturated rings.